The molecule has 0 spiro atoms. The monoisotopic (exact) mass is 296 g/mol. The Balaban J connectivity index is 2.19. The smallest absolute Gasteiger partial charge is 0.0573 e. The Bertz CT molecular complexity index is 595. The fraction of sp³-hybridized carbons (Fsp3) is 0.333. The van der Waals surface area contributed by atoms with Crippen molar-refractivity contribution in [2.45, 2.75) is 26.4 Å². The molecule has 4 heteroatoms. The van der Waals surface area contributed by atoms with Gasteiger partial charge in [0.2, 0.25) is 0 Å². The molecule has 0 aliphatic carbocycles. The van der Waals surface area contributed by atoms with Gasteiger partial charge in [-0.05, 0) is 37.6 Å². The second kappa shape index (κ2) is 8.41. The van der Waals surface area contributed by atoms with Crippen LogP contribution >= 0.6 is 0 Å². The molecule has 1 atom stereocenters. The largest absolute Gasteiger partial charge is 0.327 e. The van der Waals surface area contributed by atoms with Gasteiger partial charge >= 0.3 is 0 Å². The molecule has 1 unspecified atom stereocenters. The lowest BCUT2D eigenvalue weighted by atomic mass is 10.1. The Kier molecular flexibility index (Phi) is 6.25. The van der Waals surface area contributed by atoms with Crippen LogP contribution in [0.4, 0.5) is 0 Å². The van der Waals surface area contributed by atoms with Gasteiger partial charge in [-0.3, -0.25) is 14.9 Å². The Morgan fingerprint density at radius 2 is 1.95 bits per heavy atom. The summed E-state index contributed by atoms with van der Waals surface area (Å²) in [5, 5.41) is 0. The lowest BCUT2D eigenvalue weighted by molar-refractivity contribution is 0.218. The van der Waals surface area contributed by atoms with Crippen molar-refractivity contribution in [2.75, 3.05) is 13.1 Å². The van der Waals surface area contributed by atoms with Crippen LogP contribution in [-0.4, -0.2) is 28.0 Å². The number of aryl methyl sites for hydroxylation is 1. The summed E-state index contributed by atoms with van der Waals surface area (Å²) < 4.78 is 0. The standard InChI is InChI=1S/C18H24N4/c1-15-8-7-12-21-18(15)14-22(13-6-4-10-19)16(2)17-9-3-5-11-20-17/h3-9,11-12,16H,10,13-14,19H2,1-2H3. The zero-order valence-corrected chi connectivity index (χ0v) is 13.3. The highest BCUT2D eigenvalue weighted by Gasteiger charge is 2.17. The minimum absolute atomic E-state index is 0.213. The second-order valence-electron chi connectivity index (χ2n) is 5.33. The first-order valence-corrected chi connectivity index (χ1v) is 7.63. The van der Waals surface area contributed by atoms with Crippen LogP contribution in [-0.2, 0) is 6.54 Å². The third-order valence-corrected chi connectivity index (χ3v) is 3.78. The van der Waals surface area contributed by atoms with Crippen LogP contribution in [0.1, 0.15) is 29.9 Å². The van der Waals surface area contributed by atoms with E-state index >= 15 is 0 Å². The highest BCUT2D eigenvalue weighted by Crippen LogP contribution is 2.20. The molecule has 0 amide bonds. The van der Waals surface area contributed by atoms with E-state index < -0.39 is 0 Å². The predicted molar refractivity (Wildman–Crippen MR) is 90.2 cm³/mol. The normalized spacial score (nSPS) is 12.9. The molecule has 0 aliphatic heterocycles. The van der Waals surface area contributed by atoms with Crippen LogP contribution in [0.5, 0.6) is 0 Å². The van der Waals surface area contributed by atoms with E-state index in [4.69, 9.17) is 5.73 Å². The maximum Gasteiger partial charge on any atom is 0.0573 e. The summed E-state index contributed by atoms with van der Waals surface area (Å²) in [6, 6.07) is 10.3. The Hall–Kier alpha value is -2.04. The fourth-order valence-corrected chi connectivity index (χ4v) is 2.35. The van der Waals surface area contributed by atoms with Gasteiger partial charge in [-0.15, -0.1) is 0 Å². The van der Waals surface area contributed by atoms with Gasteiger partial charge in [-0.2, -0.15) is 0 Å². The van der Waals surface area contributed by atoms with Crippen molar-refractivity contribution < 1.29 is 0 Å². The van der Waals surface area contributed by atoms with Crippen LogP contribution in [0.25, 0.3) is 0 Å². The topological polar surface area (TPSA) is 55.0 Å². The summed E-state index contributed by atoms with van der Waals surface area (Å²) >= 11 is 0. The SMILES string of the molecule is Cc1cccnc1CN(CC=CCN)C(C)c1ccccn1. The molecule has 2 aromatic rings. The molecule has 2 N–H and O–H groups in total. The summed E-state index contributed by atoms with van der Waals surface area (Å²) in [6.07, 6.45) is 7.79. The lowest BCUT2D eigenvalue weighted by Crippen LogP contribution is -2.28. The molecule has 0 saturated carbocycles. The van der Waals surface area contributed by atoms with E-state index in [0.717, 1.165) is 24.5 Å². The highest BCUT2D eigenvalue weighted by molar-refractivity contribution is 5.18. The minimum Gasteiger partial charge on any atom is -0.327 e. The van der Waals surface area contributed by atoms with Gasteiger partial charge in [0, 0.05) is 38.1 Å². The van der Waals surface area contributed by atoms with Crippen LogP contribution in [0, 0.1) is 6.92 Å². The Labute approximate surface area is 132 Å². The molecule has 0 aliphatic rings. The molecule has 0 saturated heterocycles. The van der Waals surface area contributed by atoms with E-state index in [0.29, 0.717) is 6.54 Å². The number of nitrogens with zero attached hydrogens (tertiary/aromatic N) is 3. The van der Waals surface area contributed by atoms with Crippen molar-refractivity contribution in [2.24, 2.45) is 5.73 Å². The molecular formula is C18H24N4. The van der Waals surface area contributed by atoms with Crippen LogP contribution in [0.2, 0.25) is 0 Å². The van der Waals surface area contributed by atoms with Crippen molar-refractivity contribution in [1.29, 1.82) is 0 Å². The molecular weight excluding hydrogens is 272 g/mol. The molecule has 2 aromatic heterocycles. The lowest BCUT2D eigenvalue weighted by Gasteiger charge is -2.27. The van der Waals surface area contributed by atoms with Crippen LogP contribution in [0.3, 0.4) is 0 Å². The average Bonchev–Trinajstić information content (AvgIpc) is 2.56. The molecule has 2 rings (SSSR count). The fourth-order valence-electron chi connectivity index (χ4n) is 2.35. The van der Waals surface area contributed by atoms with Gasteiger partial charge in [-0.25, -0.2) is 0 Å². The third-order valence-electron chi connectivity index (χ3n) is 3.78. The Morgan fingerprint density at radius 3 is 2.64 bits per heavy atom. The summed E-state index contributed by atoms with van der Waals surface area (Å²) in [5.41, 5.74) is 8.93. The molecule has 0 aromatic carbocycles. The molecule has 0 bridgehead atoms. The van der Waals surface area contributed by atoms with E-state index in [9.17, 15) is 0 Å². The van der Waals surface area contributed by atoms with E-state index in [2.05, 4.69) is 46.9 Å². The second-order valence-corrected chi connectivity index (χ2v) is 5.33. The van der Waals surface area contributed by atoms with Gasteiger partial charge < -0.3 is 5.73 Å². The first-order chi connectivity index (χ1) is 10.7. The van der Waals surface area contributed by atoms with Crippen molar-refractivity contribution in [3.05, 3.63) is 71.8 Å². The molecule has 0 radical (unpaired) electrons. The predicted octanol–water partition coefficient (Wildman–Crippen LogP) is 2.86. The zero-order valence-electron chi connectivity index (χ0n) is 13.3. The van der Waals surface area contributed by atoms with E-state index in [1.807, 2.05) is 36.7 Å². The average molecular weight is 296 g/mol. The van der Waals surface area contributed by atoms with E-state index in [1.54, 1.807) is 0 Å². The maximum atomic E-state index is 5.55. The molecule has 22 heavy (non-hydrogen) atoms. The van der Waals surface area contributed by atoms with Crippen molar-refractivity contribution in [3.8, 4) is 0 Å². The maximum absolute atomic E-state index is 5.55. The number of nitrogens with two attached hydrogens (primary N) is 1. The Morgan fingerprint density at radius 1 is 1.14 bits per heavy atom. The number of pyridine rings is 2. The van der Waals surface area contributed by atoms with Crippen LogP contribution in [0.15, 0.2) is 54.9 Å². The first kappa shape index (κ1) is 16.3. The molecule has 116 valence electrons. The van der Waals surface area contributed by atoms with E-state index in [-0.39, 0.29) is 6.04 Å². The quantitative estimate of drug-likeness (QED) is 0.798. The van der Waals surface area contributed by atoms with Crippen molar-refractivity contribution in [1.82, 2.24) is 14.9 Å². The summed E-state index contributed by atoms with van der Waals surface area (Å²) in [7, 11) is 0. The van der Waals surface area contributed by atoms with Crippen LogP contribution < -0.4 is 5.73 Å². The zero-order chi connectivity index (χ0) is 15.8. The summed E-state index contributed by atoms with van der Waals surface area (Å²) in [6.45, 7) is 6.46. The first-order valence-electron chi connectivity index (χ1n) is 7.63. The number of aromatic nitrogens is 2. The summed E-state index contributed by atoms with van der Waals surface area (Å²) in [4.78, 5) is 11.3. The van der Waals surface area contributed by atoms with E-state index in [1.165, 1.54) is 5.56 Å². The minimum atomic E-state index is 0.213. The molecule has 4 nitrogen and oxygen atoms in total. The van der Waals surface area contributed by atoms with Crippen molar-refractivity contribution in [3.63, 3.8) is 0 Å². The van der Waals surface area contributed by atoms with Gasteiger partial charge in [0.05, 0.1) is 11.4 Å². The van der Waals surface area contributed by atoms with Gasteiger partial charge in [0.25, 0.3) is 0 Å². The van der Waals surface area contributed by atoms with Gasteiger partial charge in [-0.1, -0.05) is 24.3 Å². The highest BCUT2D eigenvalue weighted by atomic mass is 15.2. The number of hydrogen-bond acceptors (Lipinski definition) is 4. The van der Waals surface area contributed by atoms with Gasteiger partial charge in [0.15, 0.2) is 0 Å². The number of rotatable bonds is 7. The van der Waals surface area contributed by atoms with Crippen molar-refractivity contribution >= 4 is 0 Å². The molecule has 0 fully saturated rings. The number of hydrogen-bond donors (Lipinski definition) is 1. The van der Waals surface area contributed by atoms with Gasteiger partial charge in [0.1, 0.15) is 0 Å². The third kappa shape index (κ3) is 4.48. The summed E-state index contributed by atoms with van der Waals surface area (Å²) in [5.74, 6) is 0. The molecule has 2 heterocycles.